The monoisotopic (exact) mass is 203 g/mol. The fraction of sp³-hybridized carbons (Fsp3) is 1.00. The van der Waals surface area contributed by atoms with Crippen LogP contribution in [0.1, 0.15) is 48.0 Å². The van der Waals surface area contributed by atoms with Crippen LogP contribution in [-0.4, -0.2) is 37.2 Å². The lowest BCUT2D eigenvalue weighted by Gasteiger charge is -2.23. The largest absolute Gasteiger partial charge is 0.380 e. The molecule has 14 heavy (non-hydrogen) atoms. The van der Waals surface area contributed by atoms with Crippen molar-refractivity contribution >= 4 is 0 Å². The van der Waals surface area contributed by atoms with Crippen LogP contribution in [0.4, 0.5) is 0 Å². The van der Waals surface area contributed by atoms with E-state index in [4.69, 9.17) is 4.74 Å². The zero-order valence-electron chi connectivity index (χ0n) is 11.0. The molecule has 2 nitrogen and oxygen atoms in total. The van der Waals surface area contributed by atoms with Crippen LogP contribution in [0.15, 0.2) is 0 Å². The van der Waals surface area contributed by atoms with Crippen molar-refractivity contribution in [2.75, 3.05) is 26.3 Å². The molecule has 1 fully saturated rings. The van der Waals surface area contributed by atoms with Crippen LogP contribution in [0.2, 0.25) is 0 Å². The van der Waals surface area contributed by atoms with Crippen molar-refractivity contribution in [3.63, 3.8) is 0 Å². The van der Waals surface area contributed by atoms with Crippen LogP contribution in [0, 0.1) is 0 Å². The zero-order valence-corrected chi connectivity index (χ0v) is 11.0. The molecule has 0 aromatic rings. The van der Waals surface area contributed by atoms with Crippen LogP contribution in [0.25, 0.3) is 0 Å². The quantitative estimate of drug-likeness (QED) is 0.649. The minimum atomic E-state index is 0.682. The summed E-state index contributed by atoms with van der Waals surface area (Å²) in [6.45, 7) is 16.7. The van der Waals surface area contributed by atoms with E-state index in [0.717, 1.165) is 19.8 Å². The fourth-order valence-electron chi connectivity index (χ4n) is 1.28. The summed E-state index contributed by atoms with van der Waals surface area (Å²) in [4.78, 5) is 2.47. The molecule has 0 unspecified atom stereocenters. The summed E-state index contributed by atoms with van der Waals surface area (Å²) >= 11 is 0. The van der Waals surface area contributed by atoms with Gasteiger partial charge in [0.25, 0.3) is 0 Å². The van der Waals surface area contributed by atoms with E-state index in [1.807, 2.05) is 27.7 Å². The molecule has 0 aromatic heterocycles. The third-order valence-electron chi connectivity index (χ3n) is 1.99. The molecule has 0 saturated carbocycles. The Bertz CT molecular complexity index is 86.3. The second-order valence-electron chi connectivity index (χ2n) is 3.10. The van der Waals surface area contributed by atoms with Crippen molar-refractivity contribution in [3.05, 3.63) is 0 Å². The van der Waals surface area contributed by atoms with Gasteiger partial charge in [0.2, 0.25) is 0 Å². The Morgan fingerprint density at radius 1 is 0.929 bits per heavy atom. The van der Waals surface area contributed by atoms with Gasteiger partial charge < -0.3 is 4.74 Å². The molecular formula is C12H29NO. The summed E-state index contributed by atoms with van der Waals surface area (Å²) in [5.74, 6) is 0. The standard InChI is InChI=1S/C8H17NO.2C2H6/c1-8(2)9-4-3-6-10-7-5-9;2*1-2/h8H,3-7H2,1-2H3;2*1-2H3. The highest BCUT2D eigenvalue weighted by molar-refractivity contribution is 4.64. The SMILES string of the molecule is CC.CC.CC(C)N1CCCOCC1. The van der Waals surface area contributed by atoms with Crippen molar-refractivity contribution in [1.82, 2.24) is 4.90 Å². The summed E-state index contributed by atoms with van der Waals surface area (Å²) < 4.78 is 5.33. The maximum absolute atomic E-state index is 5.33. The number of hydrogen-bond donors (Lipinski definition) is 0. The number of hydrogen-bond acceptors (Lipinski definition) is 2. The Balaban J connectivity index is 0. The highest BCUT2D eigenvalue weighted by atomic mass is 16.5. The number of nitrogens with zero attached hydrogens (tertiary/aromatic N) is 1. The Hall–Kier alpha value is -0.0800. The first kappa shape index (κ1) is 16.4. The summed E-state index contributed by atoms with van der Waals surface area (Å²) in [5, 5.41) is 0. The smallest absolute Gasteiger partial charge is 0.0593 e. The first-order valence-electron chi connectivity index (χ1n) is 6.12. The molecular weight excluding hydrogens is 174 g/mol. The minimum absolute atomic E-state index is 0.682. The van der Waals surface area contributed by atoms with Crippen LogP contribution in [-0.2, 0) is 4.74 Å². The zero-order chi connectivity index (χ0) is 11.4. The average molecular weight is 203 g/mol. The van der Waals surface area contributed by atoms with Gasteiger partial charge in [0.1, 0.15) is 0 Å². The highest BCUT2D eigenvalue weighted by Crippen LogP contribution is 2.02. The summed E-state index contributed by atoms with van der Waals surface area (Å²) in [5.41, 5.74) is 0. The molecule has 0 aliphatic carbocycles. The lowest BCUT2D eigenvalue weighted by Crippen LogP contribution is -2.32. The molecule has 1 rings (SSSR count). The van der Waals surface area contributed by atoms with Gasteiger partial charge >= 0.3 is 0 Å². The van der Waals surface area contributed by atoms with E-state index in [0.29, 0.717) is 6.04 Å². The van der Waals surface area contributed by atoms with Crippen LogP contribution in [0.5, 0.6) is 0 Å². The lowest BCUT2D eigenvalue weighted by atomic mass is 10.3. The fourth-order valence-corrected chi connectivity index (χ4v) is 1.28. The van der Waals surface area contributed by atoms with E-state index in [1.165, 1.54) is 13.0 Å². The van der Waals surface area contributed by atoms with Crippen molar-refractivity contribution in [2.45, 2.75) is 54.0 Å². The van der Waals surface area contributed by atoms with E-state index in [1.54, 1.807) is 0 Å². The predicted octanol–water partition coefficient (Wildman–Crippen LogP) is 3.17. The maximum Gasteiger partial charge on any atom is 0.0593 e. The molecule has 1 aliphatic rings. The number of rotatable bonds is 1. The molecule has 1 saturated heterocycles. The molecule has 0 aromatic carbocycles. The van der Waals surface area contributed by atoms with Crippen molar-refractivity contribution < 1.29 is 4.74 Å². The van der Waals surface area contributed by atoms with Crippen LogP contribution >= 0.6 is 0 Å². The molecule has 0 spiro atoms. The van der Waals surface area contributed by atoms with Gasteiger partial charge in [-0.1, -0.05) is 27.7 Å². The summed E-state index contributed by atoms with van der Waals surface area (Å²) in [6, 6.07) is 0.682. The average Bonchev–Trinajstić information content (AvgIpc) is 2.52. The van der Waals surface area contributed by atoms with Crippen LogP contribution < -0.4 is 0 Å². The van der Waals surface area contributed by atoms with Gasteiger partial charge in [0.15, 0.2) is 0 Å². The van der Waals surface area contributed by atoms with Gasteiger partial charge in [-0.25, -0.2) is 0 Å². The van der Waals surface area contributed by atoms with E-state index >= 15 is 0 Å². The predicted molar refractivity (Wildman–Crippen MR) is 64.8 cm³/mol. The number of ether oxygens (including phenoxy) is 1. The van der Waals surface area contributed by atoms with E-state index in [-0.39, 0.29) is 0 Å². The van der Waals surface area contributed by atoms with Crippen molar-refractivity contribution in [1.29, 1.82) is 0 Å². The van der Waals surface area contributed by atoms with Gasteiger partial charge in [0, 0.05) is 25.7 Å². The third-order valence-corrected chi connectivity index (χ3v) is 1.99. The molecule has 0 amide bonds. The second-order valence-corrected chi connectivity index (χ2v) is 3.10. The minimum Gasteiger partial charge on any atom is -0.380 e. The second kappa shape index (κ2) is 12.9. The molecule has 88 valence electrons. The summed E-state index contributed by atoms with van der Waals surface area (Å²) in [6.07, 6.45) is 1.19. The van der Waals surface area contributed by atoms with E-state index in [2.05, 4.69) is 18.7 Å². The molecule has 2 heteroatoms. The van der Waals surface area contributed by atoms with Gasteiger partial charge in [-0.2, -0.15) is 0 Å². The topological polar surface area (TPSA) is 12.5 Å². The summed E-state index contributed by atoms with van der Waals surface area (Å²) in [7, 11) is 0. The van der Waals surface area contributed by atoms with Gasteiger partial charge in [0.05, 0.1) is 6.61 Å². The highest BCUT2D eigenvalue weighted by Gasteiger charge is 2.10. The Labute approximate surface area is 90.6 Å². The first-order valence-corrected chi connectivity index (χ1v) is 6.12. The normalized spacial score (nSPS) is 17.4. The third kappa shape index (κ3) is 8.52. The van der Waals surface area contributed by atoms with Gasteiger partial charge in [-0.05, 0) is 20.3 Å². The Morgan fingerprint density at radius 3 is 2.00 bits per heavy atom. The Morgan fingerprint density at radius 2 is 1.50 bits per heavy atom. The van der Waals surface area contributed by atoms with Gasteiger partial charge in [-0.15, -0.1) is 0 Å². The first-order chi connectivity index (χ1) is 6.80. The molecule has 1 aliphatic heterocycles. The molecule has 0 radical (unpaired) electrons. The molecule has 0 atom stereocenters. The molecule has 0 N–H and O–H groups in total. The van der Waals surface area contributed by atoms with Crippen molar-refractivity contribution in [2.24, 2.45) is 0 Å². The van der Waals surface area contributed by atoms with E-state index in [9.17, 15) is 0 Å². The molecule has 0 bridgehead atoms. The lowest BCUT2D eigenvalue weighted by molar-refractivity contribution is 0.136. The Kier molecular flexibility index (Phi) is 15.1. The molecule has 1 heterocycles. The maximum atomic E-state index is 5.33. The van der Waals surface area contributed by atoms with Crippen LogP contribution in [0.3, 0.4) is 0 Å². The van der Waals surface area contributed by atoms with E-state index < -0.39 is 0 Å². The van der Waals surface area contributed by atoms with Crippen molar-refractivity contribution in [3.8, 4) is 0 Å². The van der Waals surface area contributed by atoms with Gasteiger partial charge in [-0.3, -0.25) is 4.90 Å².